The van der Waals surface area contributed by atoms with E-state index in [1.54, 1.807) is 6.07 Å². The van der Waals surface area contributed by atoms with Crippen molar-refractivity contribution in [3.63, 3.8) is 0 Å². The maximum absolute atomic E-state index is 12.5. The number of unbranched alkanes of at least 4 members (excludes halogenated alkanes) is 1. The number of nitrogens with zero attached hydrogens (tertiary/aromatic N) is 1. The summed E-state index contributed by atoms with van der Waals surface area (Å²) in [4.78, 5) is 12.2. The molecule has 0 saturated heterocycles. The molecule has 1 aromatic rings. The minimum Gasteiger partial charge on any atom is -0.510 e. The van der Waals surface area contributed by atoms with Crippen LogP contribution in [0.2, 0.25) is 0 Å². The maximum Gasteiger partial charge on any atom is 0.416 e. The highest BCUT2D eigenvalue weighted by atomic mass is 19.4. The van der Waals surface area contributed by atoms with Crippen molar-refractivity contribution in [2.45, 2.75) is 45.7 Å². The van der Waals surface area contributed by atoms with Gasteiger partial charge >= 0.3 is 6.18 Å². The summed E-state index contributed by atoms with van der Waals surface area (Å²) in [6.45, 7) is 3.84. The molecule has 25 heavy (non-hydrogen) atoms. The number of aliphatic hydroxyl groups is 1. The van der Waals surface area contributed by atoms with Gasteiger partial charge in [-0.2, -0.15) is 18.4 Å². The fraction of sp³-hybridized carbons (Fsp3) is 0.444. The average Bonchev–Trinajstić information content (AvgIpc) is 2.56. The van der Waals surface area contributed by atoms with Crippen LogP contribution in [0.4, 0.5) is 18.9 Å². The highest BCUT2D eigenvalue weighted by Crippen LogP contribution is 2.30. The van der Waals surface area contributed by atoms with Crippen molar-refractivity contribution in [3.8, 4) is 6.07 Å². The Morgan fingerprint density at radius 3 is 2.32 bits per heavy atom. The second kappa shape index (κ2) is 9.11. The Kier molecular flexibility index (Phi) is 7.49. The zero-order valence-corrected chi connectivity index (χ0v) is 14.2. The second-order valence-corrected chi connectivity index (χ2v) is 5.65. The van der Waals surface area contributed by atoms with Gasteiger partial charge in [-0.1, -0.05) is 26.7 Å². The molecule has 0 heterocycles. The number of rotatable bonds is 7. The second-order valence-electron chi connectivity index (χ2n) is 5.65. The molecule has 7 heteroatoms. The van der Waals surface area contributed by atoms with E-state index in [9.17, 15) is 28.3 Å². The molecule has 0 aromatic heterocycles. The smallest absolute Gasteiger partial charge is 0.416 e. The van der Waals surface area contributed by atoms with E-state index < -0.39 is 23.2 Å². The van der Waals surface area contributed by atoms with Crippen LogP contribution in [0, 0.1) is 17.2 Å². The highest BCUT2D eigenvalue weighted by Gasteiger charge is 2.30. The highest BCUT2D eigenvalue weighted by molar-refractivity contribution is 6.06. The molecule has 4 nitrogen and oxygen atoms in total. The fourth-order valence-electron chi connectivity index (χ4n) is 2.35. The molecular formula is C18H21F3N2O2. The number of alkyl halides is 3. The number of amides is 1. The van der Waals surface area contributed by atoms with Crippen LogP contribution < -0.4 is 5.32 Å². The van der Waals surface area contributed by atoms with Crippen LogP contribution in [0.15, 0.2) is 35.6 Å². The van der Waals surface area contributed by atoms with Crippen molar-refractivity contribution >= 4 is 11.6 Å². The quantitative estimate of drug-likeness (QED) is 0.402. The summed E-state index contributed by atoms with van der Waals surface area (Å²) in [6, 6.07) is 5.55. The first-order valence-electron chi connectivity index (χ1n) is 8.06. The summed E-state index contributed by atoms with van der Waals surface area (Å²) in [6.07, 6.45) is -1.47. The Bertz CT molecular complexity index is 658. The third-order valence-corrected chi connectivity index (χ3v) is 3.85. The lowest BCUT2D eigenvalue weighted by molar-refractivity contribution is -0.137. The van der Waals surface area contributed by atoms with Gasteiger partial charge in [-0.15, -0.1) is 0 Å². The first kappa shape index (κ1) is 20.6. The normalized spacial score (nSPS) is 13.6. The van der Waals surface area contributed by atoms with Crippen LogP contribution in [0.3, 0.4) is 0 Å². The Morgan fingerprint density at radius 1 is 1.28 bits per heavy atom. The SMILES string of the molecule is CCCCC(CC)/C(O)=C(\C#N)C(=O)Nc1ccc(C(F)(F)F)cc1. The summed E-state index contributed by atoms with van der Waals surface area (Å²) in [5, 5.41) is 21.8. The van der Waals surface area contributed by atoms with Gasteiger partial charge in [0, 0.05) is 11.6 Å². The molecular weight excluding hydrogens is 333 g/mol. The molecule has 136 valence electrons. The molecule has 0 fully saturated rings. The van der Waals surface area contributed by atoms with Gasteiger partial charge < -0.3 is 10.4 Å². The van der Waals surface area contributed by atoms with Crippen LogP contribution in [-0.2, 0) is 11.0 Å². The minimum absolute atomic E-state index is 0.111. The van der Waals surface area contributed by atoms with Crippen LogP contribution in [0.5, 0.6) is 0 Å². The molecule has 1 rings (SSSR count). The van der Waals surface area contributed by atoms with Gasteiger partial charge in [0.05, 0.1) is 5.56 Å². The zero-order valence-electron chi connectivity index (χ0n) is 14.2. The number of carbonyl (C=O) groups is 1. The third-order valence-electron chi connectivity index (χ3n) is 3.85. The zero-order chi connectivity index (χ0) is 19.0. The number of nitrogens with one attached hydrogen (secondary N) is 1. The molecule has 0 spiro atoms. The molecule has 1 amide bonds. The van der Waals surface area contributed by atoms with E-state index in [1.165, 1.54) is 0 Å². The van der Waals surface area contributed by atoms with Crippen LogP contribution in [0.25, 0.3) is 0 Å². The van der Waals surface area contributed by atoms with E-state index in [0.717, 1.165) is 37.1 Å². The van der Waals surface area contributed by atoms with E-state index in [4.69, 9.17) is 0 Å². The van der Waals surface area contributed by atoms with E-state index in [-0.39, 0.29) is 17.4 Å². The molecule has 0 aliphatic carbocycles. The lowest BCUT2D eigenvalue weighted by Crippen LogP contribution is -2.18. The largest absolute Gasteiger partial charge is 0.510 e. The topological polar surface area (TPSA) is 73.1 Å². The average molecular weight is 354 g/mol. The van der Waals surface area contributed by atoms with Gasteiger partial charge in [0.25, 0.3) is 5.91 Å². The molecule has 1 atom stereocenters. The Labute approximate surface area is 145 Å². The minimum atomic E-state index is -4.47. The van der Waals surface area contributed by atoms with Gasteiger partial charge in [-0.25, -0.2) is 0 Å². The van der Waals surface area contributed by atoms with E-state index in [1.807, 2.05) is 13.8 Å². The first-order valence-corrected chi connectivity index (χ1v) is 8.06. The molecule has 1 unspecified atom stereocenters. The number of hydrogen-bond donors (Lipinski definition) is 2. The summed E-state index contributed by atoms with van der Waals surface area (Å²) < 4.78 is 37.6. The molecule has 0 bridgehead atoms. The number of anilines is 1. The van der Waals surface area contributed by atoms with Crippen LogP contribution in [0.1, 0.15) is 45.1 Å². The number of aliphatic hydroxyl groups excluding tert-OH is 1. The summed E-state index contributed by atoms with van der Waals surface area (Å²) in [7, 11) is 0. The third kappa shape index (κ3) is 5.82. The fourth-order valence-corrected chi connectivity index (χ4v) is 2.35. The number of benzene rings is 1. The van der Waals surface area contributed by atoms with E-state index in [2.05, 4.69) is 5.32 Å². The molecule has 0 aliphatic heterocycles. The van der Waals surface area contributed by atoms with Crippen molar-refractivity contribution in [1.82, 2.24) is 0 Å². The predicted octanol–water partition coefficient (Wildman–Crippen LogP) is 5.20. The van der Waals surface area contributed by atoms with Crippen molar-refractivity contribution in [1.29, 1.82) is 5.26 Å². The molecule has 0 saturated carbocycles. The van der Waals surface area contributed by atoms with Crippen molar-refractivity contribution < 1.29 is 23.1 Å². The molecule has 1 aromatic carbocycles. The van der Waals surface area contributed by atoms with Crippen molar-refractivity contribution in [2.75, 3.05) is 5.32 Å². The van der Waals surface area contributed by atoms with Crippen molar-refractivity contribution in [3.05, 3.63) is 41.2 Å². The molecule has 0 radical (unpaired) electrons. The lowest BCUT2D eigenvalue weighted by Gasteiger charge is -2.15. The van der Waals surface area contributed by atoms with Gasteiger partial charge in [-0.05, 0) is 37.1 Å². The summed E-state index contributed by atoms with van der Waals surface area (Å²) >= 11 is 0. The molecule has 0 aliphatic rings. The number of carbonyl (C=O) groups excluding carboxylic acids is 1. The van der Waals surface area contributed by atoms with E-state index in [0.29, 0.717) is 12.8 Å². The number of nitriles is 1. The maximum atomic E-state index is 12.5. The van der Waals surface area contributed by atoms with Crippen LogP contribution >= 0.6 is 0 Å². The van der Waals surface area contributed by atoms with Gasteiger partial charge in [0.1, 0.15) is 11.8 Å². The number of allylic oxidation sites excluding steroid dienone is 1. The van der Waals surface area contributed by atoms with Gasteiger partial charge in [-0.3, -0.25) is 4.79 Å². The lowest BCUT2D eigenvalue weighted by atomic mass is 9.94. The van der Waals surface area contributed by atoms with Crippen molar-refractivity contribution in [2.24, 2.45) is 5.92 Å². The van der Waals surface area contributed by atoms with E-state index >= 15 is 0 Å². The monoisotopic (exact) mass is 354 g/mol. The Balaban J connectivity index is 2.95. The summed E-state index contributed by atoms with van der Waals surface area (Å²) in [5.41, 5.74) is -1.14. The Hall–Kier alpha value is -2.49. The van der Waals surface area contributed by atoms with Crippen LogP contribution in [-0.4, -0.2) is 11.0 Å². The number of halogens is 3. The summed E-state index contributed by atoms with van der Waals surface area (Å²) in [5.74, 6) is -1.41. The van der Waals surface area contributed by atoms with Gasteiger partial charge in [0.2, 0.25) is 0 Å². The molecule has 2 N–H and O–H groups in total. The first-order chi connectivity index (χ1) is 11.7. The standard InChI is InChI=1S/C18H21F3N2O2/c1-3-5-6-12(4-2)16(24)15(11-22)17(25)23-14-9-7-13(8-10-14)18(19,20)21/h7-10,12,24H,3-6H2,1-2H3,(H,23,25)/b16-15-. The Morgan fingerprint density at radius 2 is 1.88 bits per heavy atom. The van der Waals surface area contributed by atoms with Gasteiger partial charge in [0.15, 0.2) is 5.57 Å². The number of hydrogen-bond acceptors (Lipinski definition) is 3. The predicted molar refractivity (Wildman–Crippen MR) is 88.6 cm³/mol.